The second-order valence-corrected chi connectivity index (χ2v) is 4.64. The van der Waals surface area contributed by atoms with Crippen molar-refractivity contribution in [1.29, 1.82) is 0 Å². The molecule has 0 radical (unpaired) electrons. The molecule has 0 bridgehead atoms. The predicted molar refractivity (Wildman–Crippen MR) is 65.6 cm³/mol. The lowest BCUT2D eigenvalue weighted by atomic mass is 10.2. The molecule has 1 fully saturated rings. The van der Waals surface area contributed by atoms with Crippen LogP contribution in [0.5, 0.6) is 0 Å². The Balaban J connectivity index is 2.15. The highest BCUT2D eigenvalue weighted by Gasteiger charge is 2.35. The number of alkyl halides is 3. The van der Waals surface area contributed by atoms with Crippen LogP contribution in [0.3, 0.4) is 0 Å². The second-order valence-electron chi connectivity index (χ2n) is 4.64. The van der Waals surface area contributed by atoms with Gasteiger partial charge in [0.1, 0.15) is 0 Å². The Morgan fingerprint density at radius 1 is 1.38 bits per heavy atom. The molecule has 1 aliphatic heterocycles. The average molecular weight is 305 g/mol. The van der Waals surface area contributed by atoms with Crippen LogP contribution in [-0.4, -0.2) is 48.6 Å². The zero-order chi connectivity index (χ0) is 15.6. The lowest BCUT2D eigenvalue weighted by molar-refractivity contribution is -0.158. The topological polar surface area (TPSA) is 64.5 Å². The summed E-state index contributed by atoms with van der Waals surface area (Å²) in [6.45, 7) is 2.30. The van der Waals surface area contributed by atoms with E-state index in [0.717, 1.165) is 6.07 Å². The minimum absolute atomic E-state index is 0.150. The minimum Gasteiger partial charge on any atom is -0.467 e. The summed E-state index contributed by atoms with van der Waals surface area (Å²) in [5.41, 5.74) is -1.06. The van der Waals surface area contributed by atoms with Crippen molar-refractivity contribution in [1.82, 2.24) is 10.2 Å². The monoisotopic (exact) mass is 305 g/mol. The van der Waals surface area contributed by atoms with Gasteiger partial charge in [-0.05, 0) is 19.1 Å². The number of hydrogen-bond donors (Lipinski definition) is 0. The number of aromatic nitrogens is 2. The minimum atomic E-state index is -4.53. The second kappa shape index (κ2) is 5.84. The van der Waals surface area contributed by atoms with E-state index >= 15 is 0 Å². The molecule has 0 amide bonds. The standard InChI is InChI=1S/C12H14F3N3O3/c1-7-5-18(6-8(21-7)11(19)20-2)10-4-3-9(16-17-10)12(13,14)15/h3-4,7-8H,5-6H2,1-2H3/t7-,8?/m1/s1. The first-order valence-electron chi connectivity index (χ1n) is 6.20. The van der Waals surface area contributed by atoms with Crippen molar-refractivity contribution in [2.75, 3.05) is 25.1 Å². The number of hydrogen-bond acceptors (Lipinski definition) is 6. The van der Waals surface area contributed by atoms with Gasteiger partial charge in [-0.15, -0.1) is 10.2 Å². The zero-order valence-electron chi connectivity index (χ0n) is 11.4. The van der Waals surface area contributed by atoms with Crippen LogP contribution >= 0.6 is 0 Å². The molecule has 116 valence electrons. The van der Waals surface area contributed by atoms with E-state index in [0.29, 0.717) is 6.54 Å². The maximum absolute atomic E-state index is 12.4. The molecule has 0 saturated carbocycles. The average Bonchev–Trinajstić information content (AvgIpc) is 2.45. The van der Waals surface area contributed by atoms with E-state index in [1.165, 1.54) is 13.2 Å². The molecular weight excluding hydrogens is 291 g/mol. The lowest BCUT2D eigenvalue weighted by Gasteiger charge is -2.35. The highest BCUT2D eigenvalue weighted by atomic mass is 19.4. The van der Waals surface area contributed by atoms with E-state index in [2.05, 4.69) is 14.9 Å². The highest BCUT2D eigenvalue weighted by Crippen LogP contribution is 2.28. The molecule has 0 spiro atoms. The molecule has 2 heterocycles. The summed E-state index contributed by atoms with van der Waals surface area (Å²) in [6.07, 6.45) is -5.62. The van der Waals surface area contributed by atoms with Crippen LogP contribution in [0.15, 0.2) is 12.1 Å². The number of carbonyl (C=O) groups is 1. The summed E-state index contributed by atoms with van der Waals surface area (Å²) in [4.78, 5) is 13.2. The molecule has 6 nitrogen and oxygen atoms in total. The highest BCUT2D eigenvalue weighted by molar-refractivity contribution is 5.75. The molecule has 0 N–H and O–H groups in total. The van der Waals surface area contributed by atoms with Crippen LogP contribution in [0.2, 0.25) is 0 Å². The summed E-state index contributed by atoms with van der Waals surface area (Å²) in [5, 5.41) is 6.74. The van der Waals surface area contributed by atoms with Gasteiger partial charge in [0.05, 0.1) is 19.8 Å². The fraction of sp³-hybridized carbons (Fsp3) is 0.583. The van der Waals surface area contributed by atoms with Crippen molar-refractivity contribution >= 4 is 11.8 Å². The molecule has 1 unspecified atom stereocenters. The third-order valence-corrected chi connectivity index (χ3v) is 2.99. The molecule has 1 aromatic heterocycles. The smallest absolute Gasteiger partial charge is 0.435 e. The van der Waals surface area contributed by atoms with Gasteiger partial charge < -0.3 is 14.4 Å². The number of methoxy groups -OCH3 is 1. The molecule has 1 aliphatic rings. The van der Waals surface area contributed by atoms with Gasteiger partial charge in [0, 0.05) is 6.54 Å². The number of nitrogens with zero attached hydrogens (tertiary/aromatic N) is 3. The molecule has 9 heteroatoms. The Morgan fingerprint density at radius 3 is 2.62 bits per heavy atom. The lowest BCUT2D eigenvalue weighted by Crippen LogP contribution is -2.50. The largest absolute Gasteiger partial charge is 0.467 e. The van der Waals surface area contributed by atoms with E-state index in [1.54, 1.807) is 11.8 Å². The first-order chi connectivity index (χ1) is 9.81. The molecular formula is C12H14F3N3O3. The molecule has 0 aromatic carbocycles. The van der Waals surface area contributed by atoms with Gasteiger partial charge in [-0.2, -0.15) is 13.2 Å². The van der Waals surface area contributed by atoms with Gasteiger partial charge in [-0.1, -0.05) is 0 Å². The number of ether oxygens (including phenoxy) is 2. The first-order valence-corrected chi connectivity index (χ1v) is 6.20. The van der Waals surface area contributed by atoms with Gasteiger partial charge >= 0.3 is 12.1 Å². The number of rotatable bonds is 2. The summed E-state index contributed by atoms with van der Waals surface area (Å²) in [5.74, 6) is -0.279. The van der Waals surface area contributed by atoms with Gasteiger partial charge in [0.15, 0.2) is 17.6 Å². The van der Waals surface area contributed by atoms with Crippen molar-refractivity contribution < 1.29 is 27.4 Å². The van der Waals surface area contributed by atoms with E-state index in [-0.39, 0.29) is 18.5 Å². The first kappa shape index (κ1) is 15.5. The van der Waals surface area contributed by atoms with Crippen molar-refractivity contribution in [2.45, 2.75) is 25.3 Å². The molecule has 2 rings (SSSR count). The van der Waals surface area contributed by atoms with Gasteiger partial charge in [0.25, 0.3) is 0 Å². The Bertz CT molecular complexity index is 507. The fourth-order valence-electron chi connectivity index (χ4n) is 2.05. The van der Waals surface area contributed by atoms with E-state index in [9.17, 15) is 18.0 Å². The van der Waals surface area contributed by atoms with Gasteiger partial charge in [-0.3, -0.25) is 0 Å². The molecule has 1 saturated heterocycles. The van der Waals surface area contributed by atoms with Gasteiger partial charge in [0.2, 0.25) is 0 Å². The number of anilines is 1. The maximum atomic E-state index is 12.4. The SMILES string of the molecule is COC(=O)C1CN(c2ccc(C(F)(F)F)nn2)C[C@@H](C)O1. The van der Waals surface area contributed by atoms with Crippen LogP contribution in [-0.2, 0) is 20.4 Å². The molecule has 0 aliphatic carbocycles. The van der Waals surface area contributed by atoms with E-state index in [1.807, 2.05) is 0 Å². The Kier molecular flexibility index (Phi) is 4.31. The van der Waals surface area contributed by atoms with E-state index in [4.69, 9.17) is 4.74 Å². The van der Waals surface area contributed by atoms with Crippen molar-refractivity contribution in [2.24, 2.45) is 0 Å². The Morgan fingerprint density at radius 2 is 2.10 bits per heavy atom. The van der Waals surface area contributed by atoms with Gasteiger partial charge in [-0.25, -0.2) is 4.79 Å². The molecule has 2 atom stereocenters. The zero-order valence-corrected chi connectivity index (χ0v) is 11.4. The summed E-state index contributed by atoms with van der Waals surface area (Å²) >= 11 is 0. The summed E-state index contributed by atoms with van der Waals surface area (Å²) < 4.78 is 47.4. The third-order valence-electron chi connectivity index (χ3n) is 2.99. The van der Waals surface area contributed by atoms with Crippen LogP contribution < -0.4 is 4.90 Å². The van der Waals surface area contributed by atoms with Crippen LogP contribution in [0.4, 0.5) is 19.0 Å². The number of carbonyl (C=O) groups excluding carboxylic acids is 1. The molecule has 21 heavy (non-hydrogen) atoms. The Labute approximate surface area is 118 Å². The Hall–Kier alpha value is -1.90. The van der Waals surface area contributed by atoms with Crippen molar-refractivity contribution in [3.63, 3.8) is 0 Å². The predicted octanol–water partition coefficient (Wildman–Crippen LogP) is 1.26. The summed E-state index contributed by atoms with van der Waals surface area (Å²) in [6, 6.07) is 2.08. The molecule has 1 aromatic rings. The van der Waals surface area contributed by atoms with E-state index < -0.39 is 23.9 Å². The fourth-order valence-corrected chi connectivity index (χ4v) is 2.05. The maximum Gasteiger partial charge on any atom is 0.435 e. The van der Waals surface area contributed by atoms with Crippen LogP contribution in [0.25, 0.3) is 0 Å². The normalized spacial score (nSPS) is 23.0. The van der Waals surface area contributed by atoms with Crippen molar-refractivity contribution in [3.05, 3.63) is 17.8 Å². The third kappa shape index (κ3) is 3.60. The number of morpholine rings is 1. The summed E-state index contributed by atoms with van der Waals surface area (Å²) in [7, 11) is 1.24. The number of esters is 1. The van der Waals surface area contributed by atoms with Crippen LogP contribution in [0, 0.1) is 0 Å². The number of halogens is 3. The quantitative estimate of drug-likeness (QED) is 0.767. The van der Waals surface area contributed by atoms with Crippen LogP contribution in [0.1, 0.15) is 12.6 Å². The van der Waals surface area contributed by atoms with Crippen molar-refractivity contribution in [3.8, 4) is 0 Å².